The standard InChI is InChI=1S/C16H22N2OS3/c1-10-15(21-22-16(10)20)11-6-12(8-17(2)3)14(19)13(7-11)9-18(4)5/h6-7,19H,8-9H2,1-5H3. The highest BCUT2D eigenvalue weighted by Gasteiger charge is 2.15. The molecule has 0 saturated heterocycles. The van der Waals surface area contributed by atoms with Gasteiger partial charge in [-0.25, -0.2) is 0 Å². The van der Waals surface area contributed by atoms with E-state index in [1.54, 1.807) is 20.7 Å². The molecule has 6 heteroatoms. The van der Waals surface area contributed by atoms with Crippen LogP contribution in [0.15, 0.2) is 12.1 Å². The number of phenolic OH excluding ortho intramolecular Hbond substituents is 1. The molecule has 0 amide bonds. The summed E-state index contributed by atoms with van der Waals surface area (Å²) in [4.78, 5) is 5.36. The second-order valence-electron chi connectivity index (χ2n) is 6.03. The first kappa shape index (κ1) is 17.6. The molecule has 0 fully saturated rings. The van der Waals surface area contributed by atoms with Crippen molar-refractivity contribution in [1.82, 2.24) is 9.80 Å². The van der Waals surface area contributed by atoms with Gasteiger partial charge in [0.1, 0.15) is 9.57 Å². The number of nitrogens with zero attached hydrogens (tertiary/aromatic N) is 2. The normalized spacial score (nSPS) is 11.6. The topological polar surface area (TPSA) is 26.7 Å². The lowest BCUT2D eigenvalue weighted by atomic mass is 10.0. The van der Waals surface area contributed by atoms with Crippen LogP contribution in [0.4, 0.5) is 0 Å². The number of benzene rings is 1. The van der Waals surface area contributed by atoms with Gasteiger partial charge in [-0.15, -0.1) is 0 Å². The van der Waals surface area contributed by atoms with Gasteiger partial charge in [0, 0.05) is 24.2 Å². The molecule has 0 spiro atoms. The zero-order valence-electron chi connectivity index (χ0n) is 13.6. The molecule has 0 saturated carbocycles. The Morgan fingerprint density at radius 1 is 1.00 bits per heavy atom. The van der Waals surface area contributed by atoms with Crippen molar-refractivity contribution in [3.05, 3.63) is 32.6 Å². The van der Waals surface area contributed by atoms with E-state index in [0.29, 0.717) is 18.8 Å². The number of aromatic hydroxyl groups is 1. The van der Waals surface area contributed by atoms with Gasteiger partial charge in [0.25, 0.3) is 0 Å². The van der Waals surface area contributed by atoms with Crippen molar-refractivity contribution in [3.8, 4) is 16.2 Å². The maximum Gasteiger partial charge on any atom is 0.124 e. The minimum Gasteiger partial charge on any atom is -0.507 e. The minimum absolute atomic E-state index is 0.405. The number of rotatable bonds is 5. The van der Waals surface area contributed by atoms with Crippen LogP contribution in [-0.2, 0) is 13.1 Å². The molecular formula is C16H22N2OS3. The summed E-state index contributed by atoms with van der Waals surface area (Å²) in [7, 11) is 11.4. The van der Waals surface area contributed by atoms with Gasteiger partial charge < -0.3 is 14.9 Å². The van der Waals surface area contributed by atoms with Crippen molar-refractivity contribution in [3.63, 3.8) is 0 Å². The van der Waals surface area contributed by atoms with Crippen molar-refractivity contribution in [2.24, 2.45) is 0 Å². The van der Waals surface area contributed by atoms with E-state index in [1.165, 1.54) is 10.4 Å². The molecule has 0 radical (unpaired) electrons. The smallest absolute Gasteiger partial charge is 0.124 e. The van der Waals surface area contributed by atoms with Crippen LogP contribution in [0.5, 0.6) is 5.75 Å². The van der Waals surface area contributed by atoms with Crippen LogP contribution in [0, 0.1) is 10.7 Å². The summed E-state index contributed by atoms with van der Waals surface area (Å²) in [5.74, 6) is 0.405. The van der Waals surface area contributed by atoms with E-state index in [4.69, 9.17) is 12.2 Å². The first-order chi connectivity index (χ1) is 10.3. The van der Waals surface area contributed by atoms with E-state index < -0.39 is 0 Å². The molecule has 0 aliphatic rings. The van der Waals surface area contributed by atoms with Crippen molar-refractivity contribution in [2.45, 2.75) is 20.0 Å². The molecule has 0 aliphatic heterocycles. The fraction of sp³-hybridized carbons (Fsp3) is 0.438. The zero-order valence-corrected chi connectivity index (χ0v) is 16.1. The molecule has 120 valence electrons. The fourth-order valence-electron chi connectivity index (χ4n) is 2.38. The molecule has 1 N–H and O–H groups in total. The Morgan fingerprint density at radius 2 is 1.50 bits per heavy atom. The maximum absolute atomic E-state index is 10.6. The highest BCUT2D eigenvalue weighted by Crippen LogP contribution is 2.38. The lowest BCUT2D eigenvalue weighted by Crippen LogP contribution is -2.14. The van der Waals surface area contributed by atoms with Crippen molar-refractivity contribution in [1.29, 1.82) is 0 Å². The quantitative estimate of drug-likeness (QED) is 0.638. The van der Waals surface area contributed by atoms with Crippen molar-refractivity contribution in [2.75, 3.05) is 28.2 Å². The molecule has 1 aromatic heterocycles. The van der Waals surface area contributed by atoms with E-state index in [9.17, 15) is 5.11 Å². The highest BCUT2D eigenvalue weighted by molar-refractivity contribution is 7.80. The summed E-state index contributed by atoms with van der Waals surface area (Å²) in [5, 5.41) is 10.6. The Kier molecular flexibility index (Phi) is 5.74. The predicted molar refractivity (Wildman–Crippen MR) is 99.6 cm³/mol. The van der Waals surface area contributed by atoms with Crippen molar-refractivity contribution >= 4 is 32.9 Å². The summed E-state index contributed by atoms with van der Waals surface area (Å²) >= 11 is 5.37. The summed E-state index contributed by atoms with van der Waals surface area (Å²) < 4.78 is 0.955. The van der Waals surface area contributed by atoms with Gasteiger partial charge in [0.15, 0.2) is 0 Å². The van der Waals surface area contributed by atoms with Gasteiger partial charge in [-0.3, -0.25) is 0 Å². The first-order valence-electron chi connectivity index (χ1n) is 7.04. The maximum atomic E-state index is 10.6. The molecule has 2 aromatic rings. The second kappa shape index (κ2) is 7.19. The first-order valence-corrected chi connectivity index (χ1v) is 9.59. The molecule has 0 unspecified atom stereocenters. The lowest BCUT2D eigenvalue weighted by molar-refractivity contribution is 0.368. The van der Waals surface area contributed by atoms with Gasteiger partial charge in [0.05, 0.1) is 4.88 Å². The molecule has 3 nitrogen and oxygen atoms in total. The van der Waals surface area contributed by atoms with E-state index in [1.807, 2.05) is 28.2 Å². The SMILES string of the molecule is Cc1c(-c2cc(CN(C)C)c(O)c(CN(C)C)c2)ssc1=S. The van der Waals surface area contributed by atoms with Gasteiger partial charge in [-0.05, 0) is 58.4 Å². The van der Waals surface area contributed by atoms with Crippen LogP contribution in [0.1, 0.15) is 16.7 Å². The number of phenols is 1. The lowest BCUT2D eigenvalue weighted by Gasteiger charge is -2.18. The summed E-state index contributed by atoms with van der Waals surface area (Å²) in [6.07, 6.45) is 0. The second-order valence-corrected chi connectivity index (χ2v) is 8.84. The average molecular weight is 355 g/mol. The third-order valence-electron chi connectivity index (χ3n) is 3.35. The molecule has 1 aromatic carbocycles. The minimum atomic E-state index is 0.405. The zero-order chi connectivity index (χ0) is 16.4. The van der Waals surface area contributed by atoms with Gasteiger partial charge >= 0.3 is 0 Å². The van der Waals surface area contributed by atoms with Gasteiger partial charge in [0.2, 0.25) is 0 Å². The van der Waals surface area contributed by atoms with E-state index in [0.717, 1.165) is 20.5 Å². The van der Waals surface area contributed by atoms with E-state index >= 15 is 0 Å². The summed E-state index contributed by atoms with van der Waals surface area (Å²) in [6.45, 7) is 3.51. The van der Waals surface area contributed by atoms with Crippen LogP contribution in [0.25, 0.3) is 10.4 Å². The summed E-state index contributed by atoms with van der Waals surface area (Å²) in [6, 6.07) is 4.18. The fourth-order valence-corrected chi connectivity index (χ4v) is 5.26. The summed E-state index contributed by atoms with van der Waals surface area (Å²) in [5.41, 5.74) is 4.25. The Morgan fingerprint density at radius 3 is 1.86 bits per heavy atom. The number of hydrogen-bond donors (Lipinski definition) is 1. The Hall–Kier alpha value is -0.790. The third kappa shape index (κ3) is 3.94. The predicted octanol–water partition coefficient (Wildman–Crippen LogP) is 4.34. The average Bonchev–Trinajstić information content (AvgIpc) is 2.73. The van der Waals surface area contributed by atoms with Crippen LogP contribution >= 0.6 is 32.9 Å². The molecule has 0 atom stereocenters. The Labute approximate surface area is 144 Å². The molecule has 2 rings (SSSR count). The highest BCUT2D eigenvalue weighted by atomic mass is 32.9. The molecule has 0 bridgehead atoms. The van der Waals surface area contributed by atoms with E-state index in [2.05, 4.69) is 28.9 Å². The third-order valence-corrected chi connectivity index (χ3v) is 6.72. The van der Waals surface area contributed by atoms with Crippen LogP contribution in [0.2, 0.25) is 0 Å². The Balaban J connectivity index is 2.58. The molecule has 22 heavy (non-hydrogen) atoms. The van der Waals surface area contributed by atoms with Gasteiger partial charge in [-0.2, -0.15) is 0 Å². The molecule has 0 aliphatic carbocycles. The van der Waals surface area contributed by atoms with Gasteiger partial charge in [-0.1, -0.05) is 32.9 Å². The number of hydrogen-bond acceptors (Lipinski definition) is 6. The van der Waals surface area contributed by atoms with Crippen LogP contribution < -0.4 is 0 Å². The van der Waals surface area contributed by atoms with Crippen LogP contribution in [-0.4, -0.2) is 43.1 Å². The molecule has 1 heterocycles. The van der Waals surface area contributed by atoms with Crippen molar-refractivity contribution < 1.29 is 5.11 Å². The Bertz CT molecular complexity index is 685. The van der Waals surface area contributed by atoms with Crippen LogP contribution in [0.3, 0.4) is 0 Å². The largest absolute Gasteiger partial charge is 0.507 e. The van der Waals surface area contributed by atoms with E-state index in [-0.39, 0.29) is 0 Å². The monoisotopic (exact) mass is 354 g/mol. The molecular weight excluding hydrogens is 332 g/mol.